The summed E-state index contributed by atoms with van der Waals surface area (Å²) in [5, 5.41) is 12.3. The molecule has 0 aromatic heterocycles. The van der Waals surface area contributed by atoms with Crippen molar-refractivity contribution < 1.29 is 0 Å². The summed E-state index contributed by atoms with van der Waals surface area (Å²) in [5.74, 6) is 2.79. The molecule has 0 saturated heterocycles. The van der Waals surface area contributed by atoms with Crippen LogP contribution in [-0.2, 0) is 6.42 Å². The van der Waals surface area contributed by atoms with Crippen molar-refractivity contribution in [2.45, 2.75) is 32.1 Å². The molecule has 0 spiro atoms. The first-order valence-electron chi connectivity index (χ1n) is 7.25. The minimum atomic E-state index is 0.384. The zero-order valence-electron chi connectivity index (χ0n) is 11.2. The number of nitrogens with one attached hydrogen (secondary N) is 1. The van der Waals surface area contributed by atoms with Crippen LogP contribution in [0.5, 0.6) is 0 Å². The Kier molecular flexibility index (Phi) is 3.33. The predicted molar refractivity (Wildman–Crippen MR) is 77.6 cm³/mol. The van der Waals surface area contributed by atoms with Crippen molar-refractivity contribution in [1.29, 1.82) is 5.26 Å². The van der Waals surface area contributed by atoms with Gasteiger partial charge in [0.1, 0.15) is 0 Å². The molecule has 1 aromatic carbocycles. The Bertz CT molecular complexity index is 503. The SMILES string of the molecule is N#CCc1cc(NCC2CC3CCC2C3)ccc1N. The standard InChI is InChI=1S/C16H21N3/c17-6-5-13-9-15(3-4-16(13)18)19-10-14-8-11-1-2-12(14)7-11/h3-4,9,11-12,14,19H,1-2,5,7-8,10,18H2. The zero-order chi connectivity index (χ0) is 13.2. The molecule has 2 fully saturated rings. The van der Waals surface area contributed by atoms with Crippen LogP contribution in [0.2, 0.25) is 0 Å². The van der Waals surface area contributed by atoms with Gasteiger partial charge >= 0.3 is 0 Å². The van der Waals surface area contributed by atoms with Crippen molar-refractivity contribution >= 4 is 11.4 Å². The Morgan fingerprint density at radius 2 is 2.21 bits per heavy atom. The third-order valence-corrected chi connectivity index (χ3v) is 4.87. The molecule has 3 atom stereocenters. The average molecular weight is 255 g/mol. The van der Waals surface area contributed by atoms with Crippen LogP contribution in [-0.4, -0.2) is 6.54 Å². The molecular weight excluding hydrogens is 234 g/mol. The largest absolute Gasteiger partial charge is 0.398 e. The fraction of sp³-hybridized carbons (Fsp3) is 0.562. The Hall–Kier alpha value is -1.69. The van der Waals surface area contributed by atoms with Crippen LogP contribution >= 0.6 is 0 Å². The lowest BCUT2D eigenvalue weighted by atomic mass is 9.89. The summed E-state index contributed by atoms with van der Waals surface area (Å²) in [5.41, 5.74) is 8.61. The molecule has 0 heterocycles. The van der Waals surface area contributed by atoms with Gasteiger partial charge in [-0.2, -0.15) is 5.26 Å². The van der Waals surface area contributed by atoms with E-state index in [1.54, 1.807) is 0 Å². The Morgan fingerprint density at radius 1 is 1.32 bits per heavy atom. The fourth-order valence-electron chi connectivity index (χ4n) is 3.83. The van der Waals surface area contributed by atoms with Gasteiger partial charge in [-0.15, -0.1) is 0 Å². The van der Waals surface area contributed by atoms with E-state index >= 15 is 0 Å². The Labute approximate surface area is 114 Å². The highest BCUT2D eigenvalue weighted by molar-refractivity contribution is 5.58. The second kappa shape index (κ2) is 5.13. The number of nitrogens with zero attached hydrogens (tertiary/aromatic N) is 1. The van der Waals surface area contributed by atoms with E-state index in [0.717, 1.165) is 35.5 Å². The molecule has 2 aliphatic rings. The molecule has 2 saturated carbocycles. The number of nitrogen functional groups attached to an aromatic ring is 1. The van der Waals surface area contributed by atoms with E-state index < -0.39 is 0 Å². The summed E-state index contributed by atoms with van der Waals surface area (Å²) in [6.45, 7) is 1.07. The van der Waals surface area contributed by atoms with Gasteiger partial charge in [-0.1, -0.05) is 6.42 Å². The molecule has 0 radical (unpaired) electrons. The monoisotopic (exact) mass is 255 g/mol. The third kappa shape index (κ3) is 2.53. The minimum Gasteiger partial charge on any atom is -0.398 e. The smallest absolute Gasteiger partial charge is 0.0670 e. The average Bonchev–Trinajstić information content (AvgIpc) is 3.02. The van der Waals surface area contributed by atoms with E-state index in [4.69, 9.17) is 11.0 Å². The number of hydrogen-bond acceptors (Lipinski definition) is 3. The molecule has 3 rings (SSSR count). The van der Waals surface area contributed by atoms with Gasteiger partial charge in [0.25, 0.3) is 0 Å². The Balaban J connectivity index is 1.61. The predicted octanol–water partition coefficient (Wildman–Crippen LogP) is 3.18. The number of hydrogen-bond donors (Lipinski definition) is 2. The van der Waals surface area contributed by atoms with E-state index in [1.807, 2.05) is 18.2 Å². The van der Waals surface area contributed by atoms with Crippen LogP contribution in [0, 0.1) is 29.1 Å². The van der Waals surface area contributed by atoms with Gasteiger partial charge in [0.15, 0.2) is 0 Å². The number of fused-ring (bicyclic) bond motifs is 2. The highest BCUT2D eigenvalue weighted by Crippen LogP contribution is 2.48. The topological polar surface area (TPSA) is 61.8 Å². The number of benzene rings is 1. The van der Waals surface area contributed by atoms with Gasteiger partial charge < -0.3 is 11.1 Å². The van der Waals surface area contributed by atoms with Crippen molar-refractivity contribution in [3.8, 4) is 6.07 Å². The normalized spacial score (nSPS) is 28.3. The summed E-state index contributed by atoms with van der Waals surface area (Å²) in [7, 11) is 0. The number of nitriles is 1. The highest BCUT2D eigenvalue weighted by Gasteiger charge is 2.38. The van der Waals surface area contributed by atoms with Gasteiger partial charge in [-0.3, -0.25) is 0 Å². The van der Waals surface area contributed by atoms with E-state index in [9.17, 15) is 0 Å². The quantitative estimate of drug-likeness (QED) is 0.812. The van der Waals surface area contributed by atoms with Crippen LogP contribution in [0.4, 0.5) is 11.4 Å². The first kappa shape index (κ1) is 12.3. The van der Waals surface area contributed by atoms with E-state index in [-0.39, 0.29) is 0 Å². The van der Waals surface area contributed by atoms with E-state index in [1.165, 1.54) is 25.7 Å². The van der Waals surface area contributed by atoms with Gasteiger partial charge in [0, 0.05) is 17.9 Å². The lowest BCUT2D eigenvalue weighted by Crippen LogP contribution is -2.20. The molecule has 3 heteroatoms. The van der Waals surface area contributed by atoms with Crippen LogP contribution in [0.3, 0.4) is 0 Å². The van der Waals surface area contributed by atoms with Crippen molar-refractivity contribution in [1.82, 2.24) is 0 Å². The van der Waals surface area contributed by atoms with Gasteiger partial charge in [-0.25, -0.2) is 0 Å². The van der Waals surface area contributed by atoms with Gasteiger partial charge in [0.2, 0.25) is 0 Å². The van der Waals surface area contributed by atoms with Crippen LogP contribution in [0.1, 0.15) is 31.2 Å². The molecular formula is C16H21N3. The molecule has 3 nitrogen and oxygen atoms in total. The van der Waals surface area contributed by atoms with Gasteiger partial charge in [0.05, 0.1) is 12.5 Å². The first-order chi connectivity index (χ1) is 9.26. The third-order valence-electron chi connectivity index (χ3n) is 4.87. The van der Waals surface area contributed by atoms with Gasteiger partial charge in [-0.05, 0) is 60.8 Å². The summed E-state index contributed by atoms with van der Waals surface area (Å²) < 4.78 is 0. The summed E-state index contributed by atoms with van der Waals surface area (Å²) in [6.07, 6.45) is 6.12. The second-order valence-electron chi connectivity index (χ2n) is 6.06. The lowest BCUT2D eigenvalue weighted by Gasteiger charge is -2.22. The maximum Gasteiger partial charge on any atom is 0.0670 e. The van der Waals surface area contributed by atoms with Crippen molar-refractivity contribution in [2.75, 3.05) is 17.6 Å². The fourth-order valence-corrected chi connectivity index (χ4v) is 3.83. The van der Waals surface area contributed by atoms with E-state index in [2.05, 4.69) is 11.4 Å². The van der Waals surface area contributed by atoms with Crippen molar-refractivity contribution in [3.05, 3.63) is 23.8 Å². The molecule has 100 valence electrons. The first-order valence-corrected chi connectivity index (χ1v) is 7.25. The molecule has 3 unspecified atom stereocenters. The number of nitrogens with two attached hydrogens (primary N) is 1. The van der Waals surface area contributed by atoms with E-state index in [0.29, 0.717) is 12.1 Å². The molecule has 0 amide bonds. The molecule has 3 N–H and O–H groups in total. The molecule has 19 heavy (non-hydrogen) atoms. The number of anilines is 2. The van der Waals surface area contributed by atoms with Crippen molar-refractivity contribution in [3.63, 3.8) is 0 Å². The summed E-state index contributed by atoms with van der Waals surface area (Å²) in [6, 6.07) is 8.10. The maximum atomic E-state index is 8.78. The molecule has 2 aliphatic carbocycles. The molecule has 0 aliphatic heterocycles. The maximum absolute atomic E-state index is 8.78. The lowest BCUT2D eigenvalue weighted by molar-refractivity contribution is 0.348. The Morgan fingerprint density at radius 3 is 2.89 bits per heavy atom. The zero-order valence-corrected chi connectivity index (χ0v) is 11.2. The summed E-state index contributed by atoms with van der Waals surface area (Å²) >= 11 is 0. The second-order valence-corrected chi connectivity index (χ2v) is 6.06. The minimum absolute atomic E-state index is 0.384. The van der Waals surface area contributed by atoms with Crippen LogP contribution in [0.25, 0.3) is 0 Å². The van der Waals surface area contributed by atoms with Crippen molar-refractivity contribution in [2.24, 2.45) is 17.8 Å². The van der Waals surface area contributed by atoms with Crippen LogP contribution in [0.15, 0.2) is 18.2 Å². The summed E-state index contributed by atoms with van der Waals surface area (Å²) in [4.78, 5) is 0. The number of rotatable bonds is 4. The van der Waals surface area contributed by atoms with Crippen LogP contribution < -0.4 is 11.1 Å². The highest BCUT2D eigenvalue weighted by atomic mass is 14.9. The molecule has 2 bridgehead atoms. The molecule has 1 aromatic rings.